The molecule has 0 aromatic heterocycles. The fourth-order valence-corrected chi connectivity index (χ4v) is 4.82. The number of aryl methyl sites for hydroxylation is 2. The molecule has 0 aliphatic heterocycles. The first-order chi connectivity index (χ1) is 17.8. The summed E-state index contributed by atoms with van der Waals surface area (Å²) in [5.41, 5.74) is 4.95. The summed E-state index contributed by atoms with van der Waals surface area (Å²) in [6.45, 7) is 4.02. The second-order valence-corrected chi connectivity index (χ2v) is 10.6. The second kappa shape index (κ2) is 12.2. The Hall–Kier alpha value is -3.37. The van der Waals surface area contributed by atoms with Gasteiger partial charge in [-0.05, 0) is 85.7 Å². The summed E-state index contributed by atoms with van der Waals surface area (Å²) in [7, 11) is 0. The van der Waals surface area contributed by atoms with Crippen LogP contribution >= 0.6 is 35.0 Å². The summed E-state index contributed by atoms with van der Waals surface area (Å²) in [5, 5.41) is 1.09. The number of carbonyl (C=O) groups is 2. The smallest absolute Gasteiger partial charge is 0.199 e. The lowest BCUT2D eigenvalue weighted by Gasteiger charge is -2.11. The SMILES string of the molecule is Cc1ccc(C=C(S/C(=C\c2ccc(C)cc2)C(=O)c2ccc(Cl)cc2)C(=O)c2ccc(Cl)cc2)cc1. The van der Waals surface area contributed by atoms with Crippen molar-refractivity contribution in [1.29, 1.82) is 0 Å². The first kappa shape index (κ1) is 26.7. The van der Waals surface area contributed by atoms with Gasteiger partial charge in [-0.2, -0.15) is 0 Å². The maximum absolute atomic E-state index is 13.7. The van der Waals surface area contributed by atoms with Crippen molar-refractivity contribution >= 4 is 58.7 Å². The minimum absolute atomic E-state index is 0.194. The Bertz CT molecular complexity index is 1350. The Balaban J connectivity index is 1.80. The molecule has 184 valence electrons. The molecule has 0 fully saturated rings. The number of thioether (sulfide) groups is 1. The quantitative estimate of drug-likeness (QED) is 0.164. The molecule has 0 saturated carbocycles. The van der Waals surface area contributed by atoms with E-state index >= 15 is 0 Å². The van der Waals surface area contributed by atoms with E-state index in [1.54, 1.807) is 48.5 Å². The highest BCUT2D eigenvalue weighted by molar-refractivity contribution is 8.08. The number of halogens is 2. The van der Waals surface area contributed by atoms with E-state index in [4.69, 9.17) is 23.2 Å². The van der Waals surface area contributed by atoms with Gasteiger partial charge < -0.3 is 0 Å². The molecular weight excluding hydrogens is 519 g/mol. The highest BCUT2D eigenvalue weighted by atomic mass is 35.5. The Morgan fingerprint density at radius 2 is 0.865 bits per heavy atom. The molecule has 0 unspecified atom stereocenters. The first-order valence-corrected chi connectivity index (χ1v) is 13.2. The highest BCUT2D eigenvalue weighted by Crippen LogP contribution is 2.34. The molecule has 0 heterocycles. The zero-order valence-corrected chi connectivity index (χ0v) is 22.7. The van der Waals surface area contributed by atoms with Gasteiger partial charge in [-0.1, -0.05) is 94.6 Å². The lowest BCUT2D eigenvalue weighted by Crippen LogP contribution is -2.06. The molecule has 0 atom stereocenters. The highest BCUT2D eigenvalue weighted by Gasteiger charge is 2.21. The summed E-state index contributed by atoms with van der Waals surface area (Å²) in [6, 6.07) is 29.3. The third kappa shape index (κ3) is 7.33. The van der Waals surface area contributed by atoms with Crippen molar-refractivity contribution < 1.29 is 9.59 Å². The molecule has 2 nitrogen and oxygen atoms in total. The Morgan fingerprint density at radius 3 is 1.19 bits per heavy atom. The maximum atomic E-state index is 13.7. The van der Waals surface area contributed by atoms with Gasteiger partial charge in [0, 0.05) is 21.2 Å². The predicted molar refractivity (Wildman–Crippen MR) is 157 cm³/mol. The molecule has 0 aliphatic carbocycles. The lowest BCUT2D eigenvalue weighted by molar-refractivity contribution is 0.103. The van der Waals surface area contributed by atoms with Crippen LogP contribution in [0.4, 0.5) is 0 Å². The number of ketones is 2. The van der Waals surface area contributed by atoms with Crippen LogP contribution in [-0.4, -0.2) is 11.6 Å². The standard InChI is InChI=1S/C32H24Cl2O2S/c1-21-3-7-23(8-4-21)19-29(31(35)25-11-15-27(33)16-12-25)37-30(20-24-9-5-22(2)6-10-24)32(36)26-13-17-28(34)18-14-26/h3-20H,1-2H3/b29-19-,30-20?. The van der Waals surface area contributed by atoms with Gasteiger partial charge >= 0.3 is 0 Å². The van der Waals surface area contributed by atoms with E-state index in [2.05, 4.69) is 0 Å². The summed E-state index contributed by atoms with van der Waals surface area (Å²) in [5.74, 6) is -0.387. The molecular formula is C32H24Cl2O2S. The average molecular weight is 544 g/mol. The molecule has 0 aliphatic rings. The molecule has 0 spiro atoms. The Labute approximate surface area is 231 Å². The van der Waals surface area contributed by atoms with Gasteiger partial charge in [0.25, 0.3) is 0 Å². The van der Waals surface area contributed by atoms with Crippen molar-refractivity contribution in [3.63, 3.8) is 0 Å². The normalized spacial score (nSPS) is 11.9. The van der Waals surface area contributed by atoms with Crippen molar-refractivity contribution in [3.05, 3.63) is 150 Å². The van der Waals surface area contributed by atoms with Crippen LogP contribution in [0.25, 0.3) is 12.2 Å². The zero-order chi connectivity index (χ0) is 26.4. The van der Waals surface area contributed by atoms with E-state index in [1.165, 1.54) is 0 Å². The van der Waals surface area contributed by atoms with Crippen molar-refractivity contribution in [2.45, 2.75) is 13.8 Å². The first-order valence-electron chi connectivity index (χ1n) is 11.6. The fourth-order valence-electron chi connectivity index (χ4n) is 3.52. The summed E-state index contributed by atoms with van der Waals surface area (Å²) in [4.78, 5) is 28.2. The maximum Gasteiger partial charge on any atom is 0.199 e. The molecule has 4 rings (SSSR count). The second-order valence-electron chi connectivity index (χ2n) is 8.61. The van der Waals surface area contributed by atoms with Crippen molar-refractivity contribution in [1.82, 2.24) is 0 Å². The van der Waals surface area contributed by atoms with E-state index < -0.39 is 0 Å². The lowest BCUT2D eigenvalue weighted by atomic mass is 10.1. The molecule has 0 amide bonds. The van der Waals surface area contributed by atoms with Gasteiger partial charge in [-0.3, -0.25) is 9.59 Å². The zero-order valence-electron chi connectivity index (χ0n) is 20.4. The van der Waals surface area contributed by atoms with Gasteiger partial charge in [-0.15, -0.1) is 0 Å². The van der Waals surface area contributed by atoms with Gasteiger partial charge in [-0.25, -0.2) is 0 Å². The van der Waals surface area contributed by atoms with Crippen LogP contribution in [0.15, 0.2) is 107 Å². The summed E-state index contributed by atoms with van der Waals surface area (Å²) >= 11 is 13.3. The van der Waals surface area contributed by atoms with Crippen LogP contribution in [0, 0.1) is 13.8 Å². The average Bonchev–Trinajstić information content (AvgIpc) is 2.90. The van der Waals surface area contributed by atoms with Crippen LogP contribution in [0.1, 0.15) is 43.0 Å². The fraction of sp³-hybridized carbons (Fsp3) is 0.0625. The minimum Gasteiger partial charge on any atom is -0.288 e. The monoisotopic (exact) mass is 542 g/mol. The van der Waals surface area contributed by atoms with Crippen LogP contribution < -0.4 is 0 Å². The molecule has 4 aromatic carbocycles. The number of allylic oxidation sites excluding steroid dienone is 2. The molecule has 0 bridgehead atoms. The number of Topliss-reactive ketones (excluding diaryl/α,β-unsaturated/α-hetero) is 2. The van der Waals surface area contributed by atoms with E-state index in [0.717, 1.165) is 34.0 Å². The van der Waals surface area contributed by atoms with E-state index in [0.29, 0.717) is 31.0 Å². The predicted octanol–water partition coefficient (Wildman–Crippen LogP) is 9.49. The Kier molecular flexibility index (Phi) is 8.83. The number of rotatable bonds is 8. The van der Waals surface area contributed by atoms with E-state index in [9.17, 15) is 9.59 Å². The van der Waals surface area contributed by atoms with Gasteiger partial charge in [0.05, 0.1) is 9.81 Å². The van der Waals surface area contributed by atoms with Crippen molar-refractivity contribution in [2.75, 3.05) is 0 Å². The number of benzene rings is 4. The van der Waals surface area contributed by atoms with Crippen LogP contribution in [-0.2, 0) is 0 Å². The van der Waals surface area contributed by atoms with Crippen LogP contribution in [0.2, 0.25) is 10.0 Å². The van der Waals surface area contributed by atoms with Crippen molar-refractivity contribution in [2.24, 2.45) is 0 Å². The van der Waals surface area contributed by atoms with E-state index in [-0.39, 0.29) is 11.6 Å². The third-order valence-corrected chi connectivity index (χ3v) is 7.18. The number of hydrogen-bond acceptors (Lipinski definition) is 3. The minimum atomic E-state index is -0.194. The van der Waals surface area contributed by atoms with Gasteiger partial charge in [0.2, 0.25) is 0 Å². The Morgan fingerprint density at radius 1 is 0.541 bits per heavy atom. The number of carbonyl (C=O) groups excluding carboxylic acids is 2. The number of hydrogen-bond donors (Lipinski definition) is 0. The summed E-state index contributed by atoms with van der Waals surface area (Å²) in [6.07, 6.45) is 3.64. The van der Waals surface area contributed by atoms with Crippen molar-refractivity contribution in [3.8, 4) is 0 Å². The molecule has 0 radical (unpaired) electrons. The van der Waals surface area contributed by atoms with Crippen LogP contribution in [0.3, 0.4) is 0 Å². The molecule has 4 aromatic rings. The van der Waals surface area contributed by atoms with Gasteiger partial charge in [0.15, 0.2) is 11.6 Å². The molecule has 0 N–H and O–H groups in total. The van der Waals surface area contributed by atoms with E-state index in [1.807, 2.05) is 74.5 Å². The molecule has 5 heteroatoms. The topological polar surface area (TPSA) is 34.1 Å². The largest absolute Gasteiger partial charge is 0.288 e. The third-order valence-electron chi connectivity index (χ3n) is 5.63. The molecule has 37 heavy (non-hydrogen) atoms. The summed E-state index contributed by atoms with van der Waals surface area (Å²) < 4.78 is 0. The molecule has 0 saturated heterocycles. The van der Waals surface area contributed by atoms with Crippen LogP contribution in [0.5, 0.6) is 0 Å². The van der Waals surface area contributed by atoms with Gasteiger partial charge in [0.1, 0.15) is 0 Å².